The van der Waals surface area contributed by atoms with Gasteiger partial charge in [0.25, 0.3) is 0 Å². The van der Waals surface area contributed by atoms with Gasteiger partial charge in [0.2, 0.25) is 5.91 Å². The highest BCUT2D eigenvalue weighted by Crippen LogP contribution is 2.18. The van der Waals surface area contributed by atoms with Gasteiger partial charge in [0.05, 0.1) is 13.1 Å². The Labute approximate surface area is 134 Å². The fourth-order valence-electron chi connectivity index (χ4n) is 2.15. The molecule has 0 bridgehead atoms. The lowest BCUT2D eigenvalue weighted by molar-refractivity contribution is -0.132. The van der Waals surface area contributed by atoms with Crippen LogP contribution in [0.5, 0.6) is 0 Å². The van der Waals surface area contributed by atoms with E-state index >= 15 is 0 Å². The van der Waals surface area contributed by atoms with Crippen molar-refractivity contribution < 1.29 is 4.79 Å². The smallest absolute Gasteiger partial charge is 0.223 e. The third-order valence-corrected chi connectivity index (χ3v) is 4.98. The first-order chi connectivity index (χ1) is 10.1. The molecule has 0 radical (unpaired) electrons. The van der Waals surface area contributed by atoms with E-state index in [9.17, 15) is 4.79 Å². The van der Waals surface area contributed by atoms with Gasteiger partial charge in [-0.1, -0.05) is 12.1 Å². The number of nitrogens with zero attached hydrogens (tertiary/aromatic N) is 1. The maximum absolute atomic E-state index is 12.5. The van der Waals surface area contributed by atoms with Crippen molar-refractivity contribution in [1.82, 2.24) is 4.90 Å². The van der Waals surface area contributed by atoms with Crippen LogP contribution in [0.4, 0.5) is 0 Å². The fraction of sp³-hybridized carbons (Fsp3) is 0.438. The van der Waals surface area contributed by atoms with Crippen LogP contribution in [-0.2, 0) is 17.9 Å². The molecule has 0 aliphatic carbocycles. The van der Waals surface area contributed by atoms with Crippen LogP contribution in [0, 0.1) is 0 Å². The number of carbonyl (C=O) groups is 1. The van der Waals surface area contributed by atoms with Crippen molar-refractivity contribution >= 4 is 28.6 Å². The molecule has 5 heteroatoms. The third kappa shape index (κ3) is 5.61. The highest BCUT2D eigenvalue weighted by Gasteiger charge is 2.15. The van der Waals surface area contributed by atoms with Gasteiger partial charge in [0.15, 0.2) is 0 Å². The van der Waals surface area contributed by atoms with Gasteiger partial charge in [-0.25, -0.2) is 0 Å². The Morgan fingerprint density at radius 1 is 1.19 bits per heavy atom. The van der Waals surface area contributed by atoms with Crippen LogP contribution in [0.25, 0.3) is 0 Å². The SMILES string of the molecule is CC(N)CCCC(=O)N(Cc1cccs1)Cc1cccs1. The molecule has 2 heterocycles. The zero-order valence-corrected chi connectivity index (χ0v) is 14.0. The van der Waals surface area contributed by atoms with Crippen molar-refractivity contribution in [3.05, 3.63) is 44.8 Å². The monoisotopic (exact) mass is 322 g/mol. The number of hydrogen-bond acceptors (Lipinski definition) is 4. The molecule has 0 aliphatic heterocycles. The molecule has 0 saturated heterocycles. The van der Waals surface area contributed by atoms with Gasteiger partial charge < -0.3 is 10.6 Å². The summed E-state index contributed by atoms with van der Waals surface area (Å²) in [6, 6.07) is 8.40. The number of rotatable bonds is 8. The number of carbonyl (C=O) groups excluding carboxylic acids is 1. The summed E-state index contributed by atoms with van der Waals surface area (Å²) in [4.78, 5) is 16.9. The molecule has 1 atom stereocenters. The molecular weight excluding hydrogens is 300 g/mol. The van der Waals surface area contributed by atoms with Gasteiger partial charge in [0, 0.05) is 22.2 Å². The standard InChI is InChI=1S/C16H22N2OS2/c1-13(17)5-2-8-16(19)18(11-14-6-3-9-20-14)12-15-7-4-10-21-15/h3-4,6-7,9-10,13H,2,5,8,11-12,17H2,1H3. The highest BCUT2D eigenvalue weighted by atomic mass is 32.1. The van der Waals surface area contributed by atoms with Crippen molar-refractivity contribution in [2.75, 3.05) is 0 Å². The van der Waals surface area contributed by atoms with Crippen LogP contribution in [0.3, 0.4) is 0 Å². The summed E-state index contributed by atoms with van der Waals surface area (Å²) in [5, 5.41) is 4.11. The summed E-state index contributed by atoms with van der Waals surface area (Å²) in [5.41, 5.74) is 5.75. The molecular formula is C16H22N2OS2. The second-order valence-corrected chi connectivity index (χ2v) is 7.34. The lowest BCUT2D eigenvalue weighted by Gasteiger charge is -2.22. The summed E-state index contributed by atoms with van der Waals surface area (Å²) in [5.74, 6) is 0.220. The molecule has 3 nitrogen and oxygen atoms in total. The lowest BCUT2D eigenvalue weighted by atomic mass is 10.1. The first kappa shape index (κ1) is 16.2. The number of nitrogens with two attached hydrogens (primary N) is 1. The van der Waals surface area contributed by atoms with E-state index in [0.29, 0.717) is 19.5 Å². The van der Waals surface area contributed by atoms with Gasteiger partial charge in [0.1, 0.15) is 0 Å². The predicted octanol–water partition coefficient (Wildman–Crippen LogP) is 3.86. The van der Waals surface area contributed by atoms with Crippen molar-refractivity contribution in [3.63, 3.8) is 0 Å². The van der Waals surface area contributed by atoms with Crippen molar-refractivity contribution in [3.8, 4) is 0 Å². The average Bonchev–Trinajstić information content (AvgIpc) is 3.10. The zero-order valence-electron chi connectivity index (χ0n) is 12.3. The van der Waals surface area contributed by atoms with Crippen LogP contribution >= 0.6 is 22.7 Å². The predicted molar refractivity (Wildman–Crippen MR) is 90.4 cm³/mol. The minimum atomic E-state index is 0.167. The van der Waals surface area contributed by atoms with Gasteiger partial charge >= 0.3 is 0 Å². The van der Waals surface area contributed by atoms with Crippen molar-refractivity contribution in [1.29, 1.82) is 0 Å². The topological polar surface area (TPSA) is 46.3 Å². The molecule has 0 saturated carbocycles. The van der Waals surface area contributed by atoms with Crippen LogP contribution < -0.4 is 5.73 Å². The molecule has 0 spiro atoms. The molecule has 2 N–H and O–H groups in total. The van der Waals surface area contributed by atoms with Crippen LogP contribution in [0.15, 0.2) is 35.0 Å². The maximum atomic E-state index is 12.5. The molecule has 1 unspecified atom stereocenters. The molecule has 114 valence electrons. The molecule has 1 amide bonds. The fourth-order valence-corrected chi connectivity index (χ4v) is 3.59. The lowest BCUT2D eigenvalue weighted by Crippen LogP contribution is -2.29. The Morgan fingerprint density at radius 3 is 2.19 bits per heavy atom. The minimum Gasteiger partial charge on any atom is -0.332 e. The molecule has 0 aliphatic rings. The van der Waals surface area contributed by atoms with Crippen LogP contribution in [0.1, 0.15) is 35.9 Å². The summed E-state index contributed by atoms with van der Waals surface area (Å²) >= 11 is 3.40. The Hall–Kier alpha value is -1.17. The molecule has 0 aromatic carbocycles. The van der Waals surface area contributed by atoms with Gasteiger partial charge in [-0.15, -0.1) is 22.7 Å². The van der Waals surface area contributed by atoms with Crippen molar-refractivity contribution in [2.24, 2.45) is 5.73 Å². The largest absolute Gasteiger partial charge is 0.332 e. The number of thiophene rings is 2. The maximum Gasteiger partial charge on any atom is 0.223 e. The normalized spacial score (nSPS) is 12.3. The first-order valence-corrected chi connectivity index (χ1v) is 8.99. The third-order valence-electron chi connectivity index (χ3n) is 3.26. The molecule has 2 aromatic rings. The minimum absolute atomic E-state index is 0.167. The number of hydrogen-bond donors (Lipinski definition) is 1. The van der Waals surface area contributed by atoms with E-state index in [1.807, 2.05) is 24.0 Å². The van der Waals surface area contributed by atoms with E-state index in [4.69, 9.17) is 5.73 Å². The van der Waals surface area contributed by atoms with Crippen LogP contribution in [-0.4, -0.2) is 16.8 Å². The molecule has 2 aromatic heterocycles. The summed E-state index contributed by atoms with van der Waals surface area (Å²) < 4.78 is 0. The second kappa shape index (κ2) is 8.32. The van der Waals surface area contributed by atoms with Crippen molar-refractivity contribution in [2.45, 2.75) is 45.3 Å². The van der Waals surface area contributed by atoms with E-state index < -0.39 is 0 Å². The molecule has 0 fully saturated rings. The Bertz CT molecular complexity index is 484. The van der Waals surface area contributed by atoms with E-state index in [-0.39, 0.29) is 11.9 Å². The second-order valence-electron chi connectivity index (χ2n) is 5.28. The zero-order chi connectivity index (χ0) is 15.1. The summed E-state index contributed by atoms with van der Waals surface area (Å²) in [7, 11) is 0. The van der Waals surface area contributed by atoms with Gasteiger partial charge in [-0.3, -0.25) is 4.79 Å². The van der Waals surface area contributed by atoms with E-state index in [2.05, 4.69) is 22.9 Å². The quantitative estimate of drug-likeness (QED) is 0.802. The summed E-state index contributed by atoms with van der Waals surface area (Å²) in [6.07, 6.45) is 2.34. The average molecular weight is 322 g/mol. The van der Waals surface area contributed by atoms with E-state index in [1.54, 1.807) is 22.7 Å². The number of amides is 1. The Kier molecular flexibility index (Phi) is 6.42. The Morgan fingerprint density at radius 2 is 1.76 bits per heavy atom. The molecule has 21 heavy (non-hydrogen) atoms. The highest BCUT2D eigenvalue weighted by molar-refractivity contribution is 7.10. The molecule has 2 rings (SSSR count). The van der Waals surface area contributed by atoms with Gasteiger partial charge in [-0.2, -0.15) is 0 Å². The summed E-state index contributed by atoms with van der Waals surface area (Å²) in [6.45, 7) is 3.39. The van der Waals surface area contributed by atoms with Gasteiger partial charge in [-0.05, 0) is 42.7 Å². The van der Waals surface area contributed by atoms with Crippen LogP contribution in [0.2, 0.25) is 0 Å². The first-order valence-electron chi connectivity index (χ1n) is 7.23. The van der Waals surface area contributed by atoms with E-state index in [0.717, 1.165) is 12.8 Å². The Balaban J connectivity index is 1.95. The van der Waals surface area contributed by atoms with E-state index in [1.165, 1.54) is 9.75 Å².